The lowest BCUT2D eigenvalue weighted by Crippen LogP contribution is -2.42. The summed E-state index contributed by atoms with van der Waals surface area (Å²) < 4.78 is 5.51. The van der Waals surface area contributed by atoms with Gasteiger partial charge in [-0.3, -0.25) is 4.79 Å². The highest BCUT2D eigenvalue weighted by atomic mass is 16.5. The van der Waals surface area contributed by atoms with Gasteiger partial charge >= 0.3 is 0 Å². The van der Waals surface area contributed by atoms with E-state index < -0.39 is 0 Å². The van der Waals surface area contributed by atoms with Gasteiger partial charge in [0.2, 0.25) is 0 Å². The smallest absolute Gasteiger partial charge is 0.138 e. The molecule has 0 N–H and O–H groups in total. The molecule has 2 rings (SSSR count). The van der Waals surface area contributed by atoms with Gasteiger partial charge in [-0.25, -0.2) is 0 Å². The fourth-order valence-electron chi connectivity index (χ4n) is 2.91. The van der Waals surface area contributed by atoms with Crippen LogP contribution < -0.4 is 0 Å². The largest absolute Gasteiger partial charge is 0.378 e. The molecule has 0 saturated heterocycles. The van der Waals surface area contributed by atoms with E-state index in [0.717, 1.165) is 25.7 Å². The Kier molecular flexibility index (Phi) is 3.45. The van der Waals surface area contributed by atoms with Crippen LogP contribution in [0.2, 0.25) is 0 Å². The number of Topliss-reactive ketones (excluding diaryl/α,β-unsaturated/α-hetero) is 1. The van der Waals surface area contributed by atoms with Crippen LogP contribution in [0.3, 0.4) is 0 Å². The van der Waals surface area contributed by atoms with Crippen molar-refractivity contribution in [2.75, 3.05) is 7.11 Å². The normalized spacial score (nSPS) is 25.9. The molecule has 2 fully saturated rings. The van der Waals surface area contributed by atoms with Crippen LogP contribution in [0.1, 0.15) is 57.8 Å². The maximum absolute atomic E-state index is 12.1. The Bertz CT molecular complexity index is 219. The van der Waals surface area contributed by atoms with Gasteiger partial charge in [-0.2, -0.15) is 0 Å². The molecule has 86 valence electrons. The highest BCUT2D eigenvalue weighted by Gasteiger charge is 2.40. The van der Waals surface area contributed by atoms with Crippen LogP contribution in [0.5, 0.6) is 0 Å². The van der Waals surface area contributed by atoms with Gasteiger partial charge in [0.1, 0.15) is 5.78 Å². The van der Waals surface area contributed by atoms with Gasteiger partial charge in [-0.05, 0) is 32.1 Å². The van der Waals surface area contributed by atoms with E-state index in [-0.39, 0.29) is 5.60 Å². The zero-order valence-corrected chi connectivity index (χ0v) is 9.76. The molecule has 2 heteroatoms. The molecule has 0 spiro atoms. The Labute approximate surface area is 92.4 Å². The predicted molar refractivity (Wildman–Crippen MR) is 59.8 cm³/mol. The van der Waals surface area contributed by atoms with Gasteiger partial charge in [0, 0.05) is 19.4 Å². The molecular weight excluding hydrogens is 188 g/mol. The van der Waals surface area contributed by atoms with Crippen LogP contribution in [0.15, 0.2) is 0 Å². The molecule has 0 radical (unpaired) electrons. The third kappa shape index (κ3) is 2.41. The zero-order chi connectivity index (χ0) is 10.7. The van der Waals surface area contributed by atoms with Crippen molar-refractivity contribution in [2.24, 2.45) is 5.92 Å². The molecule has 2 aliphatic carbocycles. The van der Waals surface area contributed by atoms with Gasteiger partial charge in [0.05, 0.1) is 5.60 Å². The van der Waals surface area contributed by atoms with Gasteiger partial charge in [-0.1, -0.05) is 19.3 Å². The molecule has 0 aromatic rings. The molecule has 0 amide bonds. The molecule has 2 nitrogen and oxygen atoms in total. The minimum atomic E-state index is -0.0610. The number of hydrogen-bond acceptors (Lipinski definition) is 2. The van der Waals surface area contributed by atoms with Gasteiger partial charge in [0.15, 0.2) is 0 Å². The number of ether oxygens (including phenoxy) is 1. The Morgan fingerprint density at radius 3 is 2.33 bits per heavy atom. The molecule has 0 atom stereocenters. The second kappa shape index (κ2) is 4.65. The lowest BCUT2D eigenvalue weighted by atomic mass is 9.73. The molecule has 15 heavy (non-hydrogen) atoms. The van der Waals surface area contributed by atoms with Crippen LogP contribution in [0, 0.1) is 5.92 Å². The van der Waals surface area contributed by atoms with Crippen molar-refractivity contribution in [2.45, 2.75) is 63.4 Å². The highest BCUT2D eigenvalue weighted by Crippen LogP contribution is 2.40. The first-order valence-electron chi connectivity index (χ1n) is 6.34. The van der Waals surface area contributed by atoms with Crippen LogP contribution >= 0.6 is 0 Å². The van der Waals surface area contributed by atoms with E-state index in [0.29, 0.717) is 18.1 Å². The standard InChI is InChI=1S/C13H22O2/c1-15-13(8-5-9-13)10-12(14)11-6-3-2-4-7-11/h11H,2-10H2,1H3. The summed E-state index contributed by atoms with van der Waals surface area (Å²) in [6.45, 7) is 0. The summed E-state index contributed by atoms with van der Waals surface area (Å²) in [6.07, 6.45) is 10.1. The minimum Gasteiger partial charge on any atom is -0.378 e. The number of ketones is 1. The van der Waals surface area contributed by atoms with Crippen molar-refractivity contribution >= 4 is 5.78 Å². The topological polar surface area (TPSA) is 26.3 Å². The summed E-state index contributed by atoms with van der Waals surface area (Å²) in [6, 6.07) is 0. The summed E-state index contributed by atoms with van der Waals surface area (Å²) >= 11 is 0. The van der Waals surface area contributed by atoms with E-state index in [9.17, 15) is 4.79 Å². The first-order valence-corrected chi connectivity index (χ1v) is 6.34. The Morgan fingerprint density at radius 2 is 1.87 bits per heavy atom. The molecular formula is C13H22O2. The van der Waals surface area contributed by atoms with E-state index in [1.165, 1.54) is 25.7 Å². The van der Waals surface area contributed by atoms with E-state index in [2.05, 4.69) is 0 Å². The number of hydrogen-bond donors (Lipinski definition) is 0. The Balaban J connectivity index is 1.85. The Morgan fingerprint density at radius 1 is 1.20 bits per heavy atom. The van der Waals surface area contributed by atoms with E-state index >= 15 is 0 Å². The van der Waals surface area contributed by atoms with Crippen molar-refractivity contribution in [3.05, 3.63) is 0 Å². The maximum Gasteiger partial charge on any atom is 0.138 e. The minimum absolute atomic E-state index is 0.0610. The summed E-state index contributed by atoms with van der Waals surface area (Å²) in [7, 11) is 1.76. The summed E-state index contributed by atoms with van der Waals surface area (Å²) in [5.74, 6) is 0.822. The Hall–Kier alpha value is -0.370. The monoisotopic (exact) mass is 210 g/mol. The summed E-state index contributed by atoms with van der Waals surface area (Å²) in [5.41, 5.74) is -0.0610. The van der Waals surface area contributed by atoms with Gasteiger partial charge in [0.25, 0.3) is 0 Å². The SMILES string of the molecule is COC1(CC(=O)C2CCCCC2)CCC1. The molecule has 0 unspecified atom stereocenters. The van der Waals surface area contributed by atoms with Gasteiger partial charge in [-0.15, -0.1) is 0 Å². The summed E-state index contributed by atoms with van der Waals surface area (Å²) in [5, 5.41) is 0. The van der Waals surface area contributed by atoms with Gasteiger partial charge < -0.3 is 4.74 Å². The van der Waals surface area contributed by atoms with Crippen molar-refractivity contribution in [1.82, 2.24) is 0 Å². The van der Waals surface area contributed by atoms with E-state index in [4.69, 9.17) is 4.74 Å². The number of carbonyl (C=O) groups is 1. The van der Waals surface area contributed by atoms with E-state index in [1.807, 2.05) is 0 Å². The molecule has 2 saturated carbocycles. The molecule has 0 aromatic carbocycles. The van der Waals surface area contributed by atoms with Crippen LogP contribution in [-0.4, -0.2) is 18.5 Å². The second-order valence-corrected chi connectivity index (χ2v) is 5.22. The van der Waals surface area contributed by atoms with E-state index in [1.54, 1.807) is 7.11 Å². The van der Waals surface area contributed by atoms with Crippen molar-refractivity contribution in [3.63, 3.8) is 0 Å². The van der Waals surface area contributed by atoms with Crippen molar-refractivity contribution < 1.29 is 9.53 Å². The third-order valence-electron chi connectivity index (χ3n) is 4.25. The fourth-order valence-corrected chi connectivity index (χ4v) is 2.91. The van der Waals surface area contributed by atoms with Crippen LogP contribution in [0.25, 0.3) is 0 Å². The number of rotatable bonds is 4. The average Bonchev–Trinajstić information content (AvgIpc) is 2.24. The predicted octanol–water partition coefficient (Wildman–Crippen LogP) is 3.10. The lowest BCUT2D eigenvalue weighted by Gasteiger charge is -2.41. The maximum atomic E-state index is 12.1. The lowest BCUT2D eigenvalue weighted by molar-refractivity contribution is -0.136. The third-order valence-corrected chi connectivity index (χ3v) is 4.25. The van der Waals surface area contributed by atoms with Crippen molar-refractivity contribution in [3.8, 4) is 0 Å². The zero-order valence-electron chi connectivity index (χ0n) is 9.76. The first kappa shape index (κ1) is 11.1. The molecule has 0 aromatic heterocycles. The molecule has 2 aliphatic rings. The number of methoxy groups -OCH3 is 1. The average molecular weight is 210 g/mol. The molecule has 0 bridgehead atoms. The number of carbonyl (C=O) groups excluding carboxylic acids is 1. The summed E-state index contributed by atoms with van der Waals surface area (Å²) in [4.78, 5) is 12.1. The quantitative estimate of drug-likeness (QED) is 0.712. The first-order chi connectivity index (χ1) is 7.26. The van der Waals surface area contributed by atoms with Crippen LogP contribution in [-0.2, 0) is 9.53 Å². The second-order valence-electron chi connectivity index (χ2n) is 5.22. The molecule has 0 heterocycles. The molecule has 0 aliphatic heterocycles. The van der Waals surface area contributed by atoms with Crippen LogP contribution in [0.4, 0.5) is 0 Å². The fraction of sp³-hybridized carbons (Fsp3) is 0.923. The highest BCUT2D eigenvalue weighted by molar-refractivity contribution is 5.82. The van der Waals surface area contributed by atoms with Crippen molar-refractivity contribution in [1.29, 1.82) is 0 Å².